The lowest BCUT2D eigenvalue weighted by molar-refractivity contribution is -0.148. The molecule has 0 radical (unpaired) electrons. The first-order valence-electron chi connectivity index (χ1n) is 11.3. The van der Waals surface area contributed by atoms with Crippen molar-refractivity contribution in [2.45, 2.75) is 31.6 Å². The van der Waals surface area contributed by atoms with Crippen molar-refractivity contribution in [2.75, 3.05) is 26.3 Å². The molecule has 0 atom stereocenters. The number of aryl methyl sites for hydroxylation is 1. The number of carbonyl (C=O) groups excluding carboxylic acids is 2. The summed E-state index contributed by atoms with van der Waals surface area (Å²) in [7, 11) is -3.66. The van der Waals surface area contributed by atoms with Crippen LogP contribution in [0, 0.1) is 12.8 Å². The van der Waals surface area contributed by atoms with Crippen LogP contribution in [0.25, 0.3) is 10.9 Å². The van der Waals surface area contributed by atoms with Crippen LogP contribution < -0.4 is 4.74 Å². The fourth-order valence-electron chi connectivity index (χ4n) is 4.32. The normalized spacial score (nSPS) is 15.4. The first-order valence-corrected chi connectivity index (χ1v) is 12.8. The van der Waals surface area contributed by atoms with Gasteiger partial charge in [0.15, 0.2) is 6.61 Å². The van der Waals surface area contributed by atoms with Gasteiger partial charge in [0, 0.05) is 35.2 Å². The molecule has 3 aromatic rings. The lowest BCUT2D eigenvalue weighted by Crippen LogP contribution is -2.40. The molecule has 1 aromatic heterocycles. The molecular formula is C25H28N2O6S. The molecule has 4 rings (SSSR count). The smallest absolute Gasteiger partial charge is 0.309 e. The van der Waals surface area contributed by atoms with Gasteiger partial charge in [-0.1, -0.05) is 18.2 Å². The summed E-state index contributed by atoms with van der Waals surface area (Å²) < 4.78 is 38.0. The molecule has 8 nitrogen and oxygen atoms in total. The Morgan fingerprint density at radius 1 is 1.06 bits per heavy atom. The van der Waals surface area contributed by atoms with E-state index >= 15 is 0 Å². The Morgan fingerprint density at radius 3 is 2.41 bits per heavy atom. The second kappa shape index (κ2) is 9.99. The van der Waals surface area contributed by atoms with Crippen molar-refractivity contribution < 1.29 is 27.5 Å². The number of piperidine rings is 1. The molecule has 0 spiro atoms. The number of Topliss-reactive ketones (excluding diaryl/α,β-unsaturated/α-hetero) is 1. The molecule has 0 aliphatic carbocycles. The average molecular weight is 485 g/mol. The van der Waals surface area contributed by atoms with Crippen LogP contribution in [0.5, 0.6) is 5.75 Å². The second-order valence-electron chi connectivity index (χ2n) is 8.28. The van der Waals surface area contributed by atoms with E-state index in [1.165, 1.54) is 16.4 Å². The van der Waals surface area contributed by atoms with E-state index in [0.717, 1.165) is 16.6 Å². The zero-order chi connectivity index (χ0) is 24.3. The molecule has 180 valence electrons. The van der Waals surface area contributed by atoms with E-state index in [1.807, 2.05) is 38.1 Å². The number of esters is 1. The quantitative estimate of drug-likeness (QED) is 0.386. The van der Waals surface area contributed by atoms with Crippen molar-refractivity contribution in [3.8, 4) is 5.75 Å². The van der Waals surface area contributed by atoms with Gasteiger partial charge in [0.05, 0.1) is 17.4 Å². The van der Waals surface area contributed by atoms with E-state index in [0.29, 0.717) is 30.8 Å². The maximum absolute atomic E-state index is 12.9. The summed E-state index contributed by atoms with van der Waals surface area (Å²) in [4.78, 5) is 28.7. The standard InChI is InChI=1S/C25H28N2O6S/c1-3-32-19-8-10-20(11-9-19)34(30,31)27-14-12-18(13-15-27)25(29)33-16-23(28)24-17(2)26-22-7-5-4-6-21(22)24/h4-11,18,26H,3,12-16H2,1-2H3. The fourth-order valence-corrected chi connectivity index (χ4v) is 5.79. The Morgan fingerprint density at radius 2 is 1.74 bits per heavy atom. The number of carbonyl (C=O) groups is 2. The van der Waals surface area contributed by atoms with Crippen LogP contribution in [-0.2, 0) is 19.6 Å². The number of hydrogen-bond acceptors (Lipinski definition) is 6. The van der Waals surface area contributed by atoms with Crippen molar-refractivity contribution >= 4 is 32.7 Å². The monoisotopic (exact) mass is 484 g/mol. The Labute approximate surface area is 198 Å². The van der Waals surface area contributed by atoms with Gasteiger partial charge in [-0.15, -0.1) is 0 Å². The predicted octanol–water partition coefficient (Wildman–Crippen LogP) is 3.70. The number of nitrogens with zero attached hydrogens (tertiary/aromatic N) is 1. The maximum Gasteiger partial charge on any atom is 0.309 e. The highest BCUT2D eigenvalue weighted by molar-refractivity contribution is 7.89. The maximum atomic E-state index is 12.9. The molecule has 1 aliphatic heterocycles. The summed E-state index contributed by atoms with van der Waals surface area (Å²) in [5.74, 6) is -0.563. The number of fused-ring (bicyclic) bond motifs is 1. The number of ketones is 1. The topological polar surface area (TPSA) is 106 Å². The molecule has 9 heteroatoms. The Hall–Kier alpha value is -3.17. The number of nitrogens with one attached hydrogen (secondary N) is 1. The summed E-state index contributed by atoms with van der Waals surface area (Å²) in [5.41, 5.74) is 2.12. The Bertz CT molecular complexity index is 1290. The van der Waals surface area contributed by atoms with Gasteiger partial charge in [-0.2, -0.15) is 4.31 Å². The molecule has 0 amide bonds. The molecule has 0 saturated carbocycles. The molecule has 1 saturated heterocycles. The first kappa shape index (κ1) is 24.0. The molecule has 0 unspecified atom stereocenters. The van der Waals surface area contributed by atoms with Crippen LogP contribution in [0.15, 0.2) is 53.4 Å². The minimum Gasteiger partial charge on any atom is -0.494 e. The lowest BCUT2D eigenvalue weighted by Gasteiger charge is -2.30. The fraction of sp³-hybridized carbons (Fsp3) is 0.360. The molecular weight excluding hydrogens is 456 g/mol. The van der Waals surface area contributed by atoms with Crippen molar-refractivity contribution in [1.82, 2.24) is 9.29 Å². The van der Waals surface area contributed by atoms with E-state index in [4.69, 9.17) is 9.47 Å². The van der Waals surface area contributed by atoms with Gasteiger partial charge >= 0.3 is 5.97 Å². The summed E-state index contributed by atoms with van der Waals surface area (Å²) in [6, 6.07) is 13.8. The van der Waals surface area contributed by atoms with Crippen molar-refractivity contribution in [2.24, 2.45) is 5.92 Å². The highest BCUT2D eigenvalue weighted by atomic mass is 32.2. The van der Waals surface area contributed by atoms with E-state index in [-0.39, 0.29) is 30.4 Å². The van der Waals surface area contributed by atoms with Gasteiger partial charge in [-0.3, -0.25) is 9.59 Å². The zero-order valence-electron chi connectivity index (χ0n) is 19.2. The Balaban J connectivity index is 1.32. The minimum absolute atomic E-state index is 0.191. The Kier molecular flexibility index (Phi) is 7.04. The van der Waals surface area contributed by atoms with E-state index in [2.05, 4.69) is 4.98 Å². The number of hydrogen-bond donors (Lipinski definition) is 1. The van der Waals surface area contributed by atoms with E-state index in [1.54, 1.807) is 12.1 Å². The summed E-state index contributed by atoms with van der Waals surface area (Å²) in [6.07, 6.45) is 0.685. The van der Waals surface area contributed by atoms with Gasteiger partial charge < -0.3 is 14.5 Å². The van der Waals surface area contributed by atoms with Crippen LogP contribution in [0.2, 0.25) is 0 Å². The highest BCUT2D eigenvalue weighted by Gasteiger charge is 2.33. The molecule has 1 aliphatic rings. The van der Waals surface area contributed by atoms with Gasteiger partial charge in [0.1, 0.15) is 5.75 Å². The first-order chi connectivity index (χ1) is 16.3. The second-order valence-corrected chi connectivity index (χ2v) is 10.2. The van der Waals surface area contributed by atoms with Gasteiger partial charge in [0.2, 0.25) is 15.8 Å². The third-order valence-corrected chi connectivity index (χ3v) is 7.99. The number of benzene rings is 2. The molecule has 1 N–H and O–H groups in total. The largest absolute Gasteiger partial charge is 0.494 e. The zero-order valence-corrected chi connectivity index (χ0v) is 20.1. The van der Waals surface area contributed by atoms with Crippen molar-refractivity contribution in [3.63, 3.8) is 0 Å². The van der Waals surface area contributed by atoms with Gasteiger partial charge in [-0.05, 0) is 57.0 Å². The minimum atomic E-state index is -3.66. The highest BCUT2D eigenvalue weighted by Crippen LogP contribution is 2.26. The van der Waals surface area contributed by atoms with E-state index in [9.17, 15) is 18.0 Å². The van der Waals surface area contributed by atoms with E-state index < -0.39 is 21.9 Å². The third-order valence-electron chi connectivity index (χ3n) is 6.08. The van der Waals surface area contributed by atoms with Crippen molar-refractivity contribution in [1.29, 1.82) is 0 Å². The number of para-hydroxylation sites is 1. The number of aromatic amines is 1. The predicted molar refractivity (Wildman–Crippen MR) is 127 cm³/mol. The van der Waals surface area contributed by atoms with Crippen LogP contribution in [0.4, 0.5) is 0 Å². The van der Waals surface area contributed by atoms with Gasteiger partial charge in [-0.25, -0.2) is 8.42 Å². The summed E-state index contributed by atoms with van der Waals surface area (Å²) >= 11 is 0. The number of rotatable bonds is 8. The van der Waals surface area contributed by atoms with Crippen LogP contribution >= 0.6 is 0 Å². The number of ether oxygens (including phenoxy) is 2. The molecule has 34 heavy (non-hydrogen) atoms. The van der Waals surface area contributed by atoms with Crippen LogP contribution in [-0.4, -0.2) is 55.8 Å². The molecule has 2 heterocycles. The lowest BCUT2D eigenvalue weighted by atomic mass is 9.98. The van der Waals surface area contributed by atoms with Crippen LogP contribution in [0.3, 0.4) is 0 Å². The summed E-state index contributed by atoms with van der Waals surface area (Å²) in [5, 5.41) is 0.800. The average Bonchev–Trinajstić information content (AvgIpc) is 3.18. The van der Waals surface area contributed by atoms with Crippen molar-refractivity contribution in [3.05, 3.63) is 59.8 Å². The number of aromatic nitrogens is 1. The third kappa shape index (κ3) is 4.85. The number of H-pyrrole nitrogens is 1. The summed E-state index contributed by atoms with van der Waals surface area (Å²) in [6.45, 7) is 4.26. The number of sulfonamides is 1. The van der Waals surface area contributed by atoms with Gasteiger partial charge in [0.25, 0.3) is 0 Å². The van der Waals surface area contributed by atoms with Crippen LogP contribution in [0.1, 0.15) is 35.8 Å². The SMILES string of the molecule is CCOc1ccc(S(=O)(=O)N2CCC(C(=O)OCC(=O)c3c(C)[nH]c4ccccc34)CC2)cc1. The molecule has 0 bridgehead atoms. The molecule has 1 fully saturated rings. The molecule has 2 aromatic carbocycles.